The molecule has 1 saturated carbocycles. The fourth-order valence-corrected chi connectivity index (χ4v) is 5.43. The number of hydrogen-bond acceptors (Lipinski definition) is 5. The Hall–Kier alpha value is -2.54. The Morgan fingerprint density at radius 1 is 1.06 bits per heavy atom. The molecule has 0 radical (unpaired) electrons. The summed E-state index contributed by atoms with van der Waals surface area (Å²) < 4.78 is 18.7. The van der Waals surface area contributed by atoms with E-state index in [1.165, 1.54) is 17.0 Å². The highest BCUT2D eigenvalue weighted by atomic mass is 19.1. The molecule has 1 aliphatic carbocycles. The second-order valence-electron chi connectivity index (χ2n) is 9.04. The summed E-state index contributed by atoms with van der Waals surface area (Å²) in [5, 5.41) is 5.11. The standard InChI is InChI=1S/C24H28FN3O3/c25-17-7-8-20-21(15-17)31-26-22(20)16-9-13-27(14-10-16)11-3-4-12-28-23(29)18-5-1-2-6-19(18)24(28)30/h4,7-8,12,15-16,18-19H,1-3,5-6,9-11,13-14H2/b12-4+. The molecule has 2 aromatic rings. The molecule has 31 heavy (non-hydrogen) atoms. The first kappa shape index (κ1) is 20.4. The molecular formula is C24H28FN3O3. The van der Waals surface area contributed by atoms with Crippen molar-refractivity contribution in [2.75, 3.05) is 19.6 Å². The number of piperidine rings is 1. The minimum atomic E-state index is -0.311. The maximum Gasteiger partial charge on any atom is 0.237 e. The summed E-state index contributed by atoms with van der Waals surface area (Å²) in [6, 6.07) is 4.60. The molecule has 1 aromatic heterocycles. The summed E-state index contributed by atoms with van der Waals surface area (Å²) in [5.41, 5.74) is 1.44. The van der Waals surface area contributed by atoms with Crippen LogP contribution in [0.15, 0.2) is 35.0 Å². The predicted octanol–water partition coefficient (Wildman–Crippen LogP) is 4.23. The lowest BCUT2D eigenvalue weighted by atomic mass is 9.81. The lowest BCUT2D eigenvalue weighted by Crippen LogP contribution is -2.33. The van der Waals surface area contributed by atoms with Crippen molar-refractivity contribution in [2.45, 2.75) is 50.9 Å². The molecule has 2 amide bonds. The van der Waals surface area contributed by atoms with E-state index in [0.29, 0.717) is 11.5 Å². The number of likely N-dealkylation sites (tertiary alicyclic amines) is 2. The number of fused-ring (bicyclic) bond motifs is 2. The lowest BCUT2D eigenvalue weighted by Gasteiger charge is -2.30. The summed E-state index contributed by atoms with van der Waals surface area (Å²) in [6.45, 7) is 2.82. The van der Waals surface area contributed by atoms with Crippen molar-refractivity contribution in [3.05, 3.63) is 42.0 Å². The van der Waals surface area contributed by atoms with Crippen LogP contribution in [0.5, 0.6) is 0 Å². The van der Waals surface area contributed by atoms with Gasteiger partial charge in [-0.05, 0) is 57.3 Å². The quantitative estimate of drug-likeness (QED) is 0.671. The van der Waals surface area contributed by atoms with E-state index in [1.54, 1.807) is 12.3 Å². The Morgan fingerprint density at radius 2 is 1.77 bits per heavy atom. The van der Waals surface area contributed by atoms with Gasteiger partial charge in [0.1, 0.15) is 5.82 Å². The van der Waals surface area contributed by atoms with Crippen LogP contribution >= 0.6 is 0 Å². The van der Waals surface area contributed by atoms with Crippen molar-refractivity contribution in [3.8, 4) is 0 Å². The van der Waals surface area contributed by atoms with Gasteiger partial charge in [0, 0.05) is 30.1 Å². The molecule has 3 heterocycles. The van der Waals surface area contributed by atoms with Gasteiger partial charge < -0.3 is 9.42 Å². The number of imide groups is 1. The summed E-state index contributed by atoms with van der Waals surface area (Å²) in [6.07, 6.45) is 10.2. The van der Waals surface area contributed by atoms with Gasteiger partial charge in [-0.25, -0.2) is 4.39 Å². The minimum absolute atomic E-state index is 0.00789. The third-order valence-electron chi connectivity index (χ3n) is 7.18. The van der Waals surface area contributed by atoms with E-state index in [9.17, 15) is 14.0 Å². The van der Waals surface area contributed by atoms with Crippen molar-refractivity contribution < 1.29 is 18.5 Å². The van der Waals surface area contributed by atoms with Crippen LogP contribution in [-0.2, 0) is 9.59 Å². The number of rotatable bonds is 5. The highest BCUT2D eigenvalue weighted by molar-refractivity contribution is 6.06. The topological polar surface area (TPSA) is 66.7 Å². The number of amides is 2. The van der Waals surface area contributed by atoms with Gasteiger partial charge in [-0.1, -0.05) is 24.1 Å². The molecule has 5 rings (SSSR count). The molecule has 2 unspecified atom stereocenters. The summed E-state index contributed by atoms with van der Waals surface area (Å²) in [4.78, 5) is 28.8. The van der Waals surface area contributed by atoms with Crippen molar-refractivity contribution in [1.29, 1.82) is 0 Å². The molecular weight excluding hydrogens is 397 g/mol. The Labute approximate surface area is 181 Å². The largest absolute Gasteiger partial charge is 0.356 e. The molecule has 0 spiro atoms. The van der Waals surface area contributed by atoms with Crippen LogP contribution in [0.25, 0.3) is 11.0 Å². The van der Waals surface area contributed by atoms with Crippen molar-refractivity contribution in [2.24, 2.45) is 11.8 Å². The van der Waals surface area contributed by atoms with Crippen molar-refractivity contribution >= 4 is 22.8 Å². The zero-order valence-electron chi connectivity index (χ0n) is 17.6. The minimum Gasteiger partial charge on any atom is -0.356 e. The van der Waals surface area contributed by atoms with Gasteiger partial charge in [0.05, 0.1) is 17.5 Å². The normalized spacial score (nSPS) is 25.8. The highest BCUT2D eigenvalue weighted by Gasteiger charge is 2.47. The SMILES string of the molecule is O=C1C2CCCCC2C(=O)N1/C=C/CCN1CCC(c2noc3cc(F)ccc23)CC1. The molecule has 164 valence electrons. The van der Waals surface area contributed by atoms with Crippen LogP contribution in [0.4, 0.5) is 4.39 Å². The van der Waals surface area contributed by atoms with E-state index in [-0.39, 0.29) is 29.5 Å². The fraction of sp³-hybridized carbons (Fsp3) is 0.542. The Balaban J connectivity index is 1.11. The fourth-order valence-electron chi connectivity index (χ4n) is 5.43. The van der Waals surface area contributed by atoms with Crippen LogP contribution in [0.2, 0.25) is 0 Å². The molecule has 3 fully saturated rings. The van der Waals surface area contributed by atoms with Gasteiger partial charge in [-0.2, -0.15) is 0 Å². The molecule has 2 atom stereocenters. The summed E-state index contributed by atoms with van der Waals surface area (Å²) in [7, 11) is 0. The third kappa shape index (κ3) is 3.91. The molecule has 0 N–H and O–H groups in total. The van der Waals surface area contributed by atoms with E-state index in [4.69, 9.17) is 4.52 Å². The van der Waals surface area contributed by atoms with Gasteiger partial charge in [0.2, 0.25) is 11.8 Å². The number of aromatic nitrogens is 1. The first-order valence-corrected chi connectivity index (χ1v) is 11.4. The van der Waals surface area contributed by atoms with E-state index in [1.807, 2.05) is 6.08 Å². The van der Waals surface area contributed by atoms with Gasteiger partial charge in [-0.15, -0.1) is 0 Å². The Morgan fingerprint density at radius 3 is 2.48 bits per heavy atom. The number of nitrogens with zero attached hydrogens (tertiary/aromatic N) is 3. The zero-order valence-corrected chi connectivity index (χ0v) is 17.6. The van der Waals surface area contributed by atoms with E-state index in [0.717, 1.165) is 75.7 Å². The smallest absolute Gasteiger partial charge is 0.237 e. The number of benzene rings is 1. The average Bonchev–Trinajstić information content (AvgIpc) is 3.31. The number of halogens is 1. The lowest BCUT2D eigenvalue weighted by molar-refractivity contribution is -0.136. The molecule has 1 aromatic carbocycles. The second kappa shape index (κ2) is 8.54. The van der Waals surface area contributed by atoms with Crippen molar-refractivity contribution in [1.82, 2.24) is 15.0 Å². The zero-order chi connectivity index (χ0) is 21.4. The molecule has 6 nitrogen and oxygen atoms in total. The number of carbonyl (C=O) groups excluding carboxylic acids is 2. The number of hydrogen-bond donors (Lipinski definition) is 0. The maximum absolute atomic E-state index is 13.4. The maximum atomic E-state index is 13.4. The molecule has 2 saturated heterocycles. The Bertz CT molecular complexity index is 985. The van der Waals surface area contributed by atoms with Gasteiger partial charge in [0.15, 0.2) is 5.58 Å². The van der Waals surface area contributed by atoms with E-state index < -0.39 is 0 Å². The van der Waals surface area contributed by atoms with Crippen molar-refractivity contribution in [3.63, 3.8) is 0 Å². The van der Waals surface area contributed by atoms with Crippen LogP contribution < -0.4 is 0 Å². The van der Waals surface area contributed by atoms with Crippen LogP contribution in [0.3, 0.4) is 0 Å². The van der Waals surface area contributed by atoms with Gasteiger partial charge in [0.25, 0.3) is 0 Å². The third-order valence-corrected chi connectivity index (χ3v) is 7.18. The van der Waals surface area contributed by atoms with E-state index in [2.05, 4.69) is 10.1 Å². The van der Waals surface area contributed by atoms with Gasteiger partial charge >= 0.3 is 0 Å². The first-order valence-electron chi connectivity index (χ1n) is 11.4. The molecule has 2 aliphatic heterocycles. The van der Waals surface area contributed by atoms with Crippen LogP contribution in [-0.4, -0.2) is 46.4 Å². The van der Waals surface area contributed by atoms with E-state index >= 15 is 0 Å². The predicted molar refractivity (Wildman–Crippen MR) is 113 cm³/mol. The van der Waals surface area contributed by atoms with Crippen LogP contribution in [0.1, 0.15) is 56.6 Å². The first-order chi connectivity index (χ1) is 15.1. The summed E-state index contributed by atoms with van der Waals surface area (Å²) >= 11 is 0. The van der Waals surface area contributed by atoms with Gasteiger partial charge in [-0.3, -0.25) is 14.5 Å². The van der Waals surface area contributed by atoms with Crippen LogP contribution in [0, 0.1) is 17.7 Å². The highest BCUT2D eigenvalue weighted by Crippen LogP contribution is 2.38. The second-order valence-corrected chi connectivity index (χ2v) is 9.04. The molecule has 7 heteroatoms. The average molecular weight is 426 g/mol. The monoisotopic (exact) mass is 425 g/mol. The summed E-state index contributed by atoms with van der Waals surface area (Å²) in [5.74, 6) is -0.183. The molecule has 3 aliphatic rings. The number of carbonyl (C=O) groups is 2. The Kier molecular flexibility index (Phi) is 5.61. The molecule has 0 bridgehead atoms.